The van der Waals surface area contributed by atoms with E-state index in [1.165, 1.54) is 12.8 Å². The van der Waals surface area contributed by atoms with E-state index in [1.807, 2.05) is 56.3 Å². The van der Waals surface area contributed by atoms with Crippen molar-refractivity contribution in [3.63, 3.8) is 0 Å². The fraction of sp³-hybridized carbons (Fsp3) is 0.304. The van der Waals surface area contributed by atoms with Crippen LogP contribution in [0.5, 0.6) is 5.75 Å². The molecule has 1 aliphatic heterocycles. The molecular weight excluding hydrogens is 350 g/mol. The molecule has 0 spiro atoms. The molecule has 144 valence electrons. The zero-order chi connectivity index (χ0) is 19.5. The zero-order valence-corrected chi connectivity index (χ0v) is 16.4. The van der Waals surface area contributed by atoms with E-state index in [4.69, 9.17) is 9.72 Å². The predicted molar refractivity (Wildman–Crippen MR) is 111 cm³/mol. The third kappa shape index (κ3) is 3.93. The van der Waals surface area contributed by atoms with Gasteiger partial charge in [0.15, 0.2) is 6.61 Å². The number of ether oxygens (including phenoxy) is 1. The van der Waals surface area contributed by atoms with Gasteiger partial charge in [0.25, 0.3) is 5.91 Å². The first-order valence-electron chi connectivity index (χ1n) is 9.75. The Morgan fingerprint density at radius 3 is 2.89 bits per heavy atom. The molecule has 0 unspecified atom stereocenters. The van der Waals surface area contributed by atoms with E-state index in [2.05, 4.69) is 16.1 Å². The largest absolute Gasteiger partial charge is 0.483 e. The number of benzene rings is 2. The average Bonchev–Trinajstić information content (AvgIpc) is 3.13. The number of imidazole rings is 1. The van der Waals surface area contributed by atoms with E-state index < -0.39 is 0 Å². The Morgan fingerprint density at radius 2 is 2.04 bits per heavy atom. The minimum Gasteiger partial charge on any atom is -0.483 e. The lowest BCUT2D eigenvalue weighted by atomic mass is 10.1. The molecule has 0 aliphatic carbocycles. The van der Waals surface area contributed by atoms with Gasteiger partial charge in [-0.2, -0.15) is 0 Å². The lowest BCUT2D eigenvalue weighted by Crippen LogP contribution is -2.20. The molecule has 28 heavy (non-hydrogen) atoms. The van der Waals surface area contributed by atoms with Gasteiger partial charge in [-0.25, -0.2) is 4.98 Å². The van der Waals surface area contributed by atoms with E-state index >= 15 is 0 Å². The van der Waals surface area contributed by atoms with Gasteiger partial charge in [-0.15, -0.1) is 0 Å². The summed E-state index contributed by atoms with van der Waals surface area (Å²) in [5, 5.41) is 2.98. The Bertz CT molecular complexity index is 983. The van der Waals surface area contributed by atoms with Crippen LogP contribution in [-0.2, 0) is 17.8 Å². The fourth-order valence-electron chi connectivity index (χ4n) is 3.55. The van der Waals surface area contributed by atoms with Gasteiger partial charge >= 0.3 is 0 Å². The van der Waals surface area contributed by atoms with Gasteiger partial charge in [0.05, 0.1) is 11.4 Å². The van der Waals surface area contributed by atoms with Crippen LogP contribution in [0.4, 0.5) is 5.69 Å². The zero-order valence-electron chi connectivity index (χ0n) is 16.4. The first kappa shape index (κ1) is 18.3. The normalized spacial score (nSPS) is 13.1. The summed E-state index contributed by atoms with van der Waals surface area (Å²) < 4.78 is 7.95. The maximum Gasteiger partial charge on any atom is 0.262 e. The molecule has 0 saturated carbocycles. The summed E-state index contributed by atoms with van der Waals surface area (Å²) in [6, 6.07) is 13.8. The molecule has 0 bridgehead atoms. The van der Waals surface area contributed by atoms with Gasteiger partial charge in [-0.3, -0.25) is 4.79 Å². The highest BCUT2D eigenvalue weighted by Gasteiger charge is 2.16. The van der Waals surface area contributed by atoms with Crippen LogP contribution >= 0.6 is 0 Å². The molecule has 1 N–H and O–H groups in total. The van der Waals surface area contributed by atoms with Crippen LogP contribution in [0.1, 0.15) is 29.8 Å². The van der Waals surface area contributed by atoms with Crippen LogP contribution in [0.15, 0.2) is 48.7 Å². The van der Waals surface area contributed by atoms with Crippen LogP contribution < -0.4 is 10.1 Å². The number of nitrogens with zero attached hydrogens (tertiary/aromatic N) is 2. The Labute approximate surface area is 165 Å². The number of para-hydroxylation sites is 1. The van der Waals surface area contributed by atoms with Crippen LogP contribution in [-0.4, -0.2) is 22.1 Å². The van der Waals surface area contributed by atoms with Gasteiger partial charge < -0.3 is 14.6 Å². The third-order valence-corrected chi connectivity index (χ3v) is 5.09. The van der Waals surface area contributed by atoms with E-state index in [0.717, 1.165) is 52.6 Å². The number of nitrogens with one attached hydrogen (secondary N) is 1. The van der Waals surface area contributed by atoms with Crippen molar-refractivity contribution in [2.24, 2.45) is 0 Å². The molecule has 3 aromatic rings. The average molecular weight is 375 g/mol. The van der Waals surface area contributed by atoms with Gasteiger partial charge in [0.2, 0.25) is 0 Å². The second-order valence-corrected chi connectivity index (χ2v) is 7.34. The quantitative estimate of drug-likeness (QED) is 0.713. The van der Waals surface area contributed by atoms with E-state index in [9.17, 15) is 4.79 Å². The number of rotatable bonds is 5. The van der Waals surface area contributed by atoms with Crippen molar-refractivity contribution in [2.45, 2.75) is 39.7 Å². The number of hydrogen-bond donors (Lipinski definition) is 1. The molecule has 0 radical (unpaired) electrons. The van der Waals surface area contributed by atoms with Crippen molar-refractivity contribution in [3.8, 4) is 17.0 Å². The van der Waals surface area contributed by atoms with Crippen molar-refractivity contribution < 1.29 is 9.53 Å². The number of carbonyl (C=O) groups excluding carboxylic acids is 1. The van der Waals surface area contributed by atoms with Crippen LogP contribution in [0.2, 0.25) is 0 Å². The standard InChI is InChI=1S/C23H25N3O2/c1-16-10-11-17(2)21(13-16)28-15-23(27)25-19-8-4-3-7-18(19)20-14-26-12-6-5-9-22(26)24-20/h3-4,7-8,10-11,13-14H,5-6,9,12,15H2,1-2H3,(H,25,27). The molecule has 1 amide bonds. The highest BCUT2D eigenvalue weighted by atomic mass is 16.5. The minimum atomic E-state index is -0.183. The van der Waals surface area contributed by atoms with Crippen LogP contribution in [0.3, 0.4) is 0 Å². The summed E-state index contributed by atoms with van der Waals surface area (Å²) >= 11 is 0. The monoisotopic (exact) mass is 375 g/mol. The molecule has 5 heteroatoms. The Kier molecular flexibility index (Phi) is 5.15. The summed E-state index contributed by atoms with van der Waals surface area (Å²) in [5.41, 5.74) is 4.72. The van der Waals surface area contributed by atoms with Crippen molar-refractivity contribution in [1.82, 2.24) is 9.55 Å². The van der Waals surface area contributed by atoms with E-state index in [1.54, 1.807) is 0 Å². The summed E-state index contributed by atoms with van der Waals surface area (Å²) in [5.74, 6) is 1.68. The smallest absolute Gasteiger partial charge is 0.262 e. The maximum atomic E-state index is 12.5. The second kappa shape index (κ2) is 7.89. The lowest BCUT2D eigenvalue weighted by Gasteiger charge is -2.12. The SMILES string of the molecule is Cc1ccc(C)c(OCC(=O)Nc2ccccc2-c2cn3c(n2)CCCC3)c1. The van der Waals surface area contributed by atoms with Crippen molar-refractivity contribution >= 4 is 11.6 Å². The lowest BCUT2D eigenvalue weighted by molar-refractivity contribution is -0.118. The molecule has 0 atom stereocenters. The Morgan fingerprint density at radius 1 is 1.18 bits per heavy atom. The number of fused-ring (bicyclic) bond motifs is 1. The third-order valence-electron chi connectivity index (χ3n) is 5.09. The fourth-order valence-corrected chi connectivity index (χ4v) is 3.55. The molecule has 1 aromatic heterocycles. The number of anilines is 1. The van der Waals surface area contributed by atoms with Crippen LogP contribution in [0, 0.1) is 13.8 Å². The number of hydrogen-bond acceptors (Lipinski definition) is 3. The van der Waals surface area contributed by atoms with Crippen molar-refractivity contribution in [1.29, 1.82) is 0 Å². The van der Waals surface area contributed by atoms with Gasteiger partial charge in [0.1, 0.15) is 11.6 Å². The predicted octanol–water partition coefficient (Wildman–Crippen LogP) is 4.52. The number of carbonyl (C=O) groups is 1. The number of aromatic nitrogens is 2. The van der Waals surface area contributed by atoms with E-state index in [0.29, 0.717) is 0 Å². The molecule has 1 aliphatic rings. The molecule has 2 heterocycles. The maximum absolute atomic E-state index is 12.5. The number of amides is 1. The summed E-state index contributed by atoms with van der Waals surface area (Å²) in [4.78, 5) is 17.3. The van der Waals surface area contributed by atoms with Crippen molar-refractivity contribution in [2.75, 3.05) is 11.9 Å². The summed E-state index contributed by atoms with van der Waals surface area (Å²) in [7, 11) is 0. The first-order valence-corrected chi connectivity index (χ1v) is 9.75. The summed E-state index contributed by atoms with van der Waals surface area (Å²) in [6.07, 6.45) is 5.48. The Balaban J connectivity index is 1.48. The first-order chi connectivity index (χ1) is 13.6. The molecule has 0 fully saturated rings. The van der Waals surface area contributed by atoms with Crippen LogP contribution in [0.25, 0.3) is 11.3 Å². The van der Waals surface area contributed by atoms with Gasteiger partial charge in [-0.05, 0) is 49.9 Å². The van der Waals surface area contributed by atoms with E-state index in [-0.39, 0.29) is 12.5 Å². The minimum absolute atomic E-state index is 0.0294. The molecular formula is C23H25N3O2. The second-order valence-electron chi connectivity index (χ2n) is 7.34. The van der Waals surface area contributed by atoms with Crippen molar-refractivity contribution in [3.05, 3.63) is 65.6 Å². The highest BCUT2D eigenvalue weighted by Crippen LogP contribution is 2.29. The summed E-state index contributed by atoms with van der Waals surface area (Å²) in [6.45, 7) is 4.97. The van der Waals surface area contributed by atoms with Gasteiger partial charge in [-0.1, -0.05) is 30.3 Å². The molecule has 0 saturated heterocycles. The van der Waals surface area contributed by atoms with Gasteiger partial charge in [0, 0.05) is 24.7 Å². The molecule has 4 rings (SSSR count). The molecule has 2 aromatic carbocycles. The highest BCUT2D eigenvalue weighted by molar-refractivity contribution is 5.95. The Hall–Kier alpha value is -3.08. The topological polar surface area (TPSA) is 56.1 Å². The number of aryl methyl sites for hydroxylation is 4. The molecule has 5 nitrogen and oxygen atoms in total.